The van der Waals surface area contributed by atoms with Crippen molar-refractivity contribution in [1.82, 2.24) is 10.3 Å². The molecule has 0 aromatic carbocycles. The van der Waals surface area contributed by atoms with Gasteiger partial charge >= 0.3 is 0 Å². The minimum absolute atomic E-state index is 0.270. The van der Waals surface area contributed by atoms with Gasteiger partial charge < -0.3 is 15.0 Å². The van der Waals surface area contributed by atoms with E-state index in [1.165, 1.54) is 12.3 Å². The summed E-state index contributed by atoms with van der Waals surface area (Å²) in [6, 6.07) is 2.80. The van der Waals surface area contributed by atoms with Crippen molar-refractivity contribution in [2.75, 3.05) is 20.3 Å². The Labute approximate surface area is 81.1 Å². The molecule has 0 fully saturated rings. The SMILES string of the molecule is COCCNC(=O)c1cc[nH]c(=O)c1. The average molecular weight is 196 g/mol. The van der Waals surface area contributed by atoms with Crippen molar-refractivity contribution in [1.29, 1.82) is 0 Å². The second-order valence-corrected chi connectivity index (χ2v) is 2.69. The number of rotatable bonds is 4. The van der Waals surface area contributed by atoms with Gasteiger partial charge in [-0.05, 0) is 6.07 Å². The van der Waals surface area contributed by atoms with Crippen LogP contribution in [-0.2, 0) is 4.74 Å². The number of carbonyl (C=O) groups is 1. The minimum Gasteiger partial charge on any atom is -0.383 e. The Kier molecular flexibility index (Phi) is 3.87. The molecule has 0 aliphatic rings. The molecular formula is C9H12N2O3. The van der Waals surface area contributed by atoms with Gasteiger partial charge in [-0.2, -0.15) is 0 Å². The molecule has 0 spiro atoms. The van der Waals surface area contributed by atoms with E-state index in [1.807, 2.05) is 0 Å². The number of amides is 1. The van der Waals surface area contributed by atoms with Crippen LogP contribution < -0.4 is 10.9 Å². The van der Waals surface area contributed by atoms with Gasteiger partial charge in [0.05, 0.1) is 6.61 Å². The highest BCUT2D eigenvalue weighted by atomic mass is 16.5. The fourth-order valence-electron chi connectivity index (χ4n) is 0.955. The van der Waals surface area contributed by atoms with Crippen LogP contribution >= 0.6 is 0 Å². The van der Waals surface area contributed by atoms with Crippen molar-refractivity contribution < 1.29 is 9.53 Å². The molecule has 0 atom stereocenters. The Bertz CT molecular complexity index is 359. The number of carbonyl (C=O) groups excluding carboxylic acids is 1. The monoisotopic (exact) mass is 196 g/mol. The Hall–Kier alpha value is -1.62. The Morgan fingerprint density at radius 3 is 3.07 bits per heavy atom. The number of hydrogen-bond donors (Lipinski definition) is 2. The van der Waals surface area contributed by atoms with Gasteiger partial charge in [-0.25, -0.2) is 0 Å². The van der Waals surface area contributed by atoms with Crippen molar-refractivity contribution >= 4 is 5.91 Å². The highest BCUT2D eigenvalue weighted by Gasteiger charge is 2.03. The number of aromatic nitrogens is 1. The normalized spacial score (nSPS) is 9.79. The molecular weight excluding hydrogens is 184 g/mol. The molecule has 0 bridgehead atoms. The largest absolute Gasteiger partial charge is 0.383 e. The number of methoxy groups -OCH3 is 1. The van der Waals surface area contributed by atoms with E-state index in [9.17, 15) is 9.59 Å². The van der Waals surface area contributed by atoms with E-state index in [1.54, 1.807) is 13.2 Å². The zero-order valence-corrected chi connectivity index (χ0v) is 7.87. The van der Waals surface area contributed by atoms with Crippen molar-refractivity contribution in [3.8, 4) is 0 Å². The number of ether oxygens (including phenoxy) is 1. The first-order chi connectivity index (χ1) is 6.74. The van der Waals surface area contributed by atoms with E-state index < -0.39 is 0 Å². The molecule has 0 radical (unpaired) electrons. The average Bonchev–Trinajstić information content (AvgIpc) is 2.18. The Balaban J connectivity index is 2.56. The quantitative estimate of drug-likeness (QED) is 0.652. The molecule has 1 aromatic rings. The fourth-order valence-corrected chi connectivity index (χ4v) is 0.955. The van der Waals surface area contributed by atoms with Crippen LogP contribution in [-0.4, -0.2) is 31.2 Å². The molecule has 1 amide bonds. The Morgan fingerprint density at radius 2 is 2.43 bits per heavy atom. The minimum atomic E-state index is -0.288. The summed E-state index contributed by atoms with van der Waals surface area (Å²) in [5.41, 5.74) is 0.0641. The third-order valence-electron chi connectivity index (χ3n) is 1.63. The summed E-state index contributed by atoms with van der Waals surface area (Å²) in [6.45, 7) is 0.886. The highest BCUT2D eigenvalue weighted by molar-refractivity contribution is 5.93. The maximum absolute atomic E-state index is 11.4. The predicted molar refractivity (Wildman–Crippen MR) is 51.3 cm³/mol. The molecule has 1 rings (SSSR count). The molecule has 0 saturated carbocycles. The molecule has 0 unspecified atom stereocenters. The van der Waals surface area contributed by atoms with Gasteiger partial charge in [-0.3, -0.25) is 9.59 Å². The van der Waals surface area contributed by atoms with Crippen LogP contribution in [0.2, 0.25) is 0 Å². The van der Waals surface area contributed by atoms with Crippen molar-refractivity contribution in [3.05, 3.63) is 34.2 Å². The summed E-state index contributed by atoms with van der Waals surface area (Å²) in [5, 5.41) is 2.61. The fraction of sp³-hybridized carbons (Fsp3) is 0.333. The second-order valence-electron chi connectivity index (χ2n) is 2.69. The van der Waals surface area contributed by atoms with Crippen LogP contribution in [0.4, 0.5) is 0 Å². The van der Waals surface area contributed by atoms with Crippen molar-refractivity contribution in [2.24, 2.45) is 0 Å². The van der Waals surface area contributed by atoms with Crippen LogP contribution in [0.3, 0.4) is 0 Å². The van der Waals surface area contributed by atoms with Crippen molar-refractivity contribution in [2.45, 2.75) is 0 Å². The molecule has 1 aromatic heterocycles. The second kappa shape index (κ2) is 5.18. The third kappa shape index (κ3) is 3.02. The molecule has 0 aliphatic heterocycles. The Morgan fingerprint density at radius 1 is 1.64 bits per heavy atom. The van der Waals surface area contributed by atoms with Crippen LogP contribution in [0, 0.1) is 0 Å². The number of pyridine rings is 1. The highest BCUT2D eigenvalue weighted by Crippen LogP contribution is 1.91. The standard InChI is InChI=1S/C9H12N2O3/c1-14-5-4-11-9(13)7-2-3-10-8(12)6-7/h2-3,6H,4-5H2,1H3,(H,10,12)(H,11,13). The van der Waals surface area contributed by atoms with E-state index in [-0.39, 0.29) is 11.5 Å². The van der Waals surface area contributed by atoms with Gasteiger partial charge in [-0.15, -0.1) is 0 Å². The van der Waals surface area contributed by atoms with Gasteiger partial charge in [0.1, 0.15) is 0 Å². The van der Waals surface area contributed by atoms with Crippen molar-refractivity contribution in [3.63, 3.8) is 0 Å². The van der Waals surface area contributed by atoms with Crippen LogP contribution in [0.25, 0.3) is 0 Å². The van der Waals surface area contributed by atoms with E-state index in [0.717, 1.165) is 0 Å². The predicted octanol–water partition coefficient (Wildman–Crippen LogP) is -0.249. The summed E-state index contributed by atoms with van der Waals surface area (Å²) in [5.74, 6) is -0.270. The molecule has 14 heavy (non-hydrogen) atoms. The summed E-state index contributed by atoms with van der Waals surface area (Å²) in [4.78, 5) is 24.7. The zero-order valence-electron chi connectivity index (χ0n) is 7.87. The first kappa shape index (κ1) is 10.5. The third-order valence-corrected chi connectivity index (χ3v) is 1.63. The number of H-pyrrole nitrogens is 1. The lowest BCUT2D eigenvalue weighted by molar-refractivity contribution is 0.0937. The molecule has 5 nitrogen and oxygen atoms in total. The van der Waals surface area contributed by atoms with Crippen LogP contribution in [0.1, 0.15) is 10.4 Å². The molecule has 1 heterocycles. The molecule has 2 N–H and O–H groups in total. The molecule has 5 heteroatoms. The van der Waals surface area contributed by atoms with E-state index in [0.29, 0.717) is 18.7 Å². The first-order valence-electron chi connectivity index (χ1n) is 4.20. The lowest BCUT2D eigenvalue weighted by atomic mass is 10.2. The summed E-state index contributed by atoms with van der Waals surface area (Å²) in [6.07, 6.45) is 1.44. The molecule has 0 aliphatic carbocycles. The van der Waals surface area contributed by atoms with E-state index in [2.05, 4.69) is 10.3 Å². The summed E-state index contributed by atoms with van der Waals surface area (Å²) < 4.78 is 4.77. The maximum atomic E-state index is 11.4. The van der Waals surface area contributed by atoms with Gasteiger partial charge in [0.2, 0.25) is 5.56 Å². The van der Waals surface area contributed by atoms with Gasteiger partial charge in [0.15, 0.2) is 0 Å². The number of nitrogens with one attached hydrogen (secondary N) is 2. The molecule has 76 valence electrons. The van der Waals surface area contributed by atoms with Gasteiger partial charge in [-0.1, -0.05) is 0 Å². The zero-order chi connectivity index (χ0) is 10.4. The van der Waals surface area contributed by atoms with Crippen LogP contribution in [0.15, 0.2) is 23.1 Å². The topological polar surface area (TPSA) is 71.2 Å². The summed E-state index contributed by atoms with van der Waals surface area (Å²) in [7, 11) is 1.55. The van der Waals surface area contributed by atoms with Gasteiger partial charge in [0, 0.05) is 31.5 Å². The maximum Gasteiger partial charge on any atom is 0.251 e. The smallest absolute Gasteiger partial charge is 0.251 e. The number of hydrogen-bond acceptors (Lipinski definition) is 3. The lowest BCUT2D eigenvalue weighted by Gasteiger charge is -2.03. The lowest BCUT2D eigenvalue weighted by Crippen LogP contribution is -2.27. The summed E-state index contributed by atoms with van der Waals surface area (Å²) >= 11 is 0. The van der Waals surface area contributed by atoms with E-state index >= 15 is 0 Å². The number of aromatic amines is 1. The van der Waals surface area contributed by atoms with Gasteiger partial charge in [0.25, 0.3) is 5.91 Å². The van der Waals surface area contributed by atoms with Crippen LogP contribution in [0.5, 0.6) is 0 Å². The molecule has 0 saturated heterocycles. The first-order valence-corrected chi connectivity index (χ1v) is 4.20. The van der Waals surface area contributed by atoms with E-state index in [4.69, 9.17) is 4.74 Å².